The molecule has 0 bridgehead atoms. The number of thioether (sulfide) groups is 1. The van der Waals surface area contributed by atoms with Gasteiger partial charge in [0.05, 0.1) is 11.6 Å². The van der Waals surface area contributed by atoms with Crippen LogP contribution in [-0.4, -0.2) is 33.9 Å². The fourth-order valence-corrected chi connectivity index (χ4v) is 4.44. The molecule has 2 amide bonds. The molecule has 0 saturated carbocycles. The van der Waals surface area contributed by atoms with Gasteiger partial charge in [0, 0.05) is 22.7 Å². The van der Waals surface area contributed by atoms with Gasteiger partial charge in [0.15, 0.2) is 0 Å². The molecule has 1 aromatic heterocycles. The SMILES string of the molecule is CCCCN1C(=O)NC(c2ccc(CC)cc2)C(c2nc(-c3ccc(SC)cc3)no2)=C1C. The molecule has 0 aliphatic carbocycles. The van der Waals surface area contributed by atoms with Gasteiger partial charge in [0.2, 0.25) is 5.82 Å². The van der Waals surface area contributed by atoms with Gasteiger partial charge in [-0.05, 0) is 61.4 Å². The number of carbonyl (C=O) groups is 1. The number of unbranched alkanes of at least 4 members (excludes halogenated alkanes) is 1. The largest absolute Gasteiger partial charge is 0.334 e. The van der Waals surface area contributed by atoms with Crippen LogP contribution in [0.1, 0.15) is 56.7 Å². The molecule has 0 fully saturated rings. The lowest BCUT2D eigenvalue weighted by Crippen LogP contribution is -2.46. The molecule has 1 aliphatic heterocycles. The van der Waals surface area contributed by atoms with Crippen molar-refractivity contribution in [2.24, 2.45) is 0 Å². The van der Waals surface area contributed by atoms with Crippen LogP contribution >= 0.6 is 11.8 Å². The van der Waals surface area contributed by atoms with Crippen LogP contribution in [0.25, 0.3) is 17.0 Å². The predicted octanol–water partition coefficient (Wildman–Crippen LogP) is 6.32. The molecule has 3 aromatic rings. The van der Waals surface area contributed by atoms with Crippen LogP contribution in [0.2, 0.25) is 0 Å². The summed E-state index contributed by atoms with van der Waals surface area (Å²) >= 11 is 1.69. The van der Waals surface area contributed by atoms with Gasteiger partial charge in [-0.25, -0.2) is 4.79 Å². The number of carbonyl (C=O) groups excluding carboxylic acids is 1. The van der Waals surface area contributed by atoms with E-state index in [4.69, 9.17) is 9.51 Å². The first-order chi connectivity index (χ1) is 16.0. The highest BCUT2D eigenvalue weighted by Gasteiger charge is 2.35. The molecule has 6 nitrogen and oxygen atoms in total. The number of nitrogens with one attached hydrogen (secondary N) is 1. The molecule has 172 valence electrons. The van der Waals surface area contributed by atoms with Gasteiger partial charge >= 0.3 is 6.03 Å². The predicted molar refractivity (Wildman–Crippen MR) is 133 cm³/mol. The van der Waals surface area contributed by atoms with Crippen molar-refractivity contribution in [1.29, 1.82) is 0 Å². The van der Waals surface area contributed by atoms with E-state index in [1.54, 1.807) is 16.7 Å². The summed E-state index contributed by atoms with van der Waals surface area (Å²) in [6.45, 7) is 6.86. The standard InChI is InChI=1S/C26H30N4O2S/c1-5-7-16-30-17(3)22(23(27-26(30)31)19-10-8-18(6-2)9-11-19)25-28-24(29-32-25)20-12-14-21(33-4)15-13-20/h8-15,23H,5-7,16H2,1-4H3,(H,27,31). The molecule has 2 heterocycles. The average Bonchev–Trinajstić information content (AvgIpc) is 3.33. The summed E-state index contributed by atoms with van der Waals surface area (Å²) in [5.41, 5.74) is 4.84. The van der Waals surface area contributed by atoms with E-state index in [-0.39, 0.29) is 12.1 Å². The second-order valence-electron chi connectivity index (χ2n) is 8.13. The molecule has 1 aliphatic rings. The van der Waals surface area contributed by atoms with E-state index in [0.29, 0.717) is 18.3 Å². The van der Waals surface area contributed by atoms with Crippen molar-refractivity contribution >= 4 is 23.4 Å². The summed E-state index contributed by atoms with van der Waals surface area (Å²) in [4.78, 5) is 20.7. The molecule has 1 unspecified atom stereocenters. The van der Waals surface area contributed by atoms with Crippen LogP contribution in [-0.2, 0) is 6.42 Å². The highest BCUT2D eigenvalue weighted by molar-refractivity contribution is 7.98. The molecule has 0 radical (unpaired) electrons. The third kappa shape index (κ3) is 4.83. The molecule has 7 heteroatoms. The third-order valence-corrected chi connectivity index (χ3v) is 6.80. The molecule has 0 saturated heterocycles. The minimum absolute atomic E-state index is 0.0957. The van der Waals surface area contributed by atoms with Crippen LogP contribution < -0.4 is 5.32 Å². The fourth-order valence-electron chi connectivity index (χ4n) is 4.03. The number of hydrogen-bond acceptors (Lipinski definition) is 5. The smallest absolute Gasteiger partial charge is 0.322 e. The van der Waals surface area contributed by atoms with Crippen molar-refractivity contribution in [1.82, 2.24) is 20.4 Å². The second-order valence-corrected chi connectivity index (χ2v) is 9.01. The number of hydrogen-bond donors (Lipinski definition) is 1. The van der Waals surface area contributed by atoms with E-state index >= 15 is 0 Å². The Kier molecular flexibility index (Phi) is 7.18. The number of nitrogens with zero attached hydrogens (tertiary/aromatic N) is 3. The number of allylic oxidation sites excluding steroid dienone is 1. The Labute approximate surface area is 199 Å². The van der Waals surface area contributed by atoms with Gasteiger partial charge in [-0.1, -0.05) is 49.7 Å². The first kappa shape index (κ1) is 23.1. The second kappa shape index (κ2) is 10.3. The molecule has 0 spiro atoms. The maximum Gasteiger partial charge on any atom is 0.322 e. The Bertz CT molecular complexity index is 1140. The Balaban J connectivity index is 1.76. The highest BCUT2D eigenvalue weighted by atomic mass is 32.2. The van der Waals surface area contributed by atoms with Crippen molar-refractivity contribution in [2.45, 2.75) is 51.0 Å². The number of aromatic nitrogens is 2. The van der Waals surface area contributed by atoms with E-state index in [0.717, 1.165) is 41.7 Å². The fraction of sp³-hybridized carbons (Fsp3) is 0.346. The number of benzene rings is 2. The summed E-state index contributed by atoms with van der Waals surface area (Å²) in [5, 5.41) is 7.43. The molecule has 2 aromatic carbocycles. The molecule has 1 atom stereocenters. The van der Waals surface area contributed by atoms with Crippen molar-refractivity contribution in [3.63, 3.8) is 0 Å². The van der Waals surface area contributed by atoms with Crippen LogP contribution in [0.5, 0.6) is 0 Å². The first-order valence-corrected chi connectivity index (χ1v) is 12.6. The summed E-state index contributed by atoms with van der Waals surface area (Å²) in [5.74, 6) is 0.970. The zero-order chi connectivity index (χ0) is 23.4. The summed E-state index contributed by atoms with van der Waals surface area (Å²) in [6, 6.07) is 16.0. The van der Waals surface area contributed by atoms with Crippen molar-refractivity contribution in [3.8, 4) is 11.4 Å². The van der Waals surface area contributed by atoms with Gasteiger partial charge in [-0.15, -0.1) is 11.8 Å². The zero-order valence-electron chi connectivity index (χ0n) is 19.6. The Hall–Kier alpha value is -3.06. The van der Waals surface area contributed by atoms with Crippen LogP contribution in [0.15, 0.2) is 63.6 Å². The zero-order valence-corrected chi connectivity index (χ0v) is 20.4. The van der Waals surface area contributed by atoms with Gasteiger partial charge in [0.25, 0.3) is 5.89 Å². The monoisotopic (exact) mass is 462 g/mol. The van der Waals surface area contributed by atoms with E-state index < -0.39 is 0 Å². The topological polar surface area (TPSA) is 71.3 Å². The summed E-state index contributed by atoms with van der Waals surface area (Å²) < 4.78 is 5.77. The van der Waals surface area contributed by atoms with Gasteiger partial charge in [-0.3, -0.25) is 4.90 Å². The molecule has 1 N–H and O–H groups in total. The Morgan fingerprint density at radius 1 is 1.09 bits per heavy atom. The summed E-state index contributed by atoms with van der Waals surface area (Å²) in [7, 11) is 0. The van der Waals surface area contributed by atoms with Crippen LogP contribution in [0.3, 0.4) is 0 Å². The maximum atomic E-state index is 13.0. The number of rotatable bonds is 8. The first-order valence-electron chi connectivity index (χ1n) is 11.4. The highest BCUT2D eigenvalue weighted by Crippen LogP contribution is 2.37. The van der Waals surface area contributed by atoms with E-state index in [9.17, 15) is 4.79 Å². The Morgan fingerprint density at radius 3 is 2.45 bits per heavy atom. The van der Waals surface area contributed by atoms with Gasteiger partial charge in [-0.2, -0.15) is 4.98 Å². The lowest BCUT2D eigenvalue weighted by Gasteiger charge is -2.35. The molecular formula is C26H30N4O2S. The number of amides is 2. The van der Waals surface area contributed by atoms with Crippen LogP contribution in [0, 0.1) is 0 Å². The van der Waals surface area contributed by atoms with Gasteiger partial charge < -0.3 is 9.84 Å². The molecular weight excluding hydrogens is 432 g/mol. The number of urea groups is 1. The van der Waals surface area contributed by atoms with E-state index in [2.05, 4.69) is 48.6 Å². The van der Waals surface area contributed by atoms with Crippen molar-refractivity contribution in [2.75, 3.05) is 12.8 Å². The summed E-state index contributed by atoms with van der Waals surface area (Å²) in [6.07, 6.45) is 4.94. The van der Waals surface area contributed by atoms with E-state index in [1.807, 2.05) is 37.4 Å². The molecule has 33 heavy (non-hydrogen) atoms. The van der Waals surface area contributed by atoms with Crippen molar-refractivity contribution in [3.05, 3.63) is 71.2 Å². The normalized spacial score (nSPS) is 16.3. The molecule has 4 rings (SSSR count). The van der Waals surface area contributed by atoms with Gasteiger partial charge in [0.1, 0.15) is 0 Å². The maximum absolute atomic E-state index is 13.0. The lowest BCUT2D eigenvalue weighted by molar-refractivity contribution is 0.204. The number of aryl methyl sites for hydroxylation is 1. The minimum atomic E-state index is -0.353. The van der Waals surface area contributed by atoms with Crippen molar-refractivity contribution < 1.29 is 9.32 Å². The van der Waals surface area contributed by atoms with E-state index in [1.165, 1.54) is 10.5 Å². The third-order valence-electron chi connectivity index (χ3n) is 6.06. The minimum Gasteiger partial charge on any atom is -0.334 e. The van der Waals surface area contributed by atoms with Crippen LogP contribution in [0.4, 0.5) is 4.79 Å². The Morgan fingerprint density at radius 2 is 1.82 bits per heavy atom. The average molecular weight is 463 g/mol. The quantitative estimate of drug-likeness (QED) is 0.397. The lowest BCUT2D eigenvalue weighted by atomic mass is 9.93.